The number of halogens is 4. The summed E-state index contributed by atoms with van der Waals surface area (Å²) in [7, 11) is 6.00. The van der Waals surface area contributed by atoms with E-state index < -0.39 is 10.2 Å². The Morgan fingerprint density at radius 2 is 0.622 bits per heavy atom. The standard InChI is InChI=1S/C60H62Cl4N6O6.6CH4O.2NO3.2Zn/c61-47-21-39-29-65-53-5-1-2-6-54(53)66-30-40-22-48(62)26-44(58(40)74)34-70(20-18-38-11-15-52(72)16-12-38)36-46-28-50(64)24-42(60(46)76)32-68-56-8-4-3-7-55(56)67-31-41-23-49(63)27-45(59(41)75)35-69(33-43(25-47)57(39)73)19-17-37-9-13-51(71)14-10-37;6*1-2;2*2-1(3)4;;/h9-16,21-32,53-56,71-76H,1-8,17-20,33-36H2;6*2H,1H3;;;;/q;;;;;;;2*-1;2*+2/p-2/t53-,54-,55-,56-;;;;;;;;;;/m0........../s1. The van der Waals surface area contributed by atoms with Crippen LogP contribution in [0.25, 0.3) is 0 Å². The number of hydrogen-bond donors (Lipinski definition) is 10. The van der Waals surface area contributed by atoms with Crippen molar-refractivity contribution < 1.29 is 110 Å². The van der Waals surface area contributed by atoms with E-state index in [1.54, 1.807) is 97.7 Å². The summed E-state index contributed by atoms with van der Waals surface area (Å²) in [5.41, 5.74) is 5.49. The van der Waals surface area contributed by atoms with Crippen LogP contribution in [-0.4, -0.2) is 176 Å². The van der Waals surface area contributed by atoms with Gasteiger partial charge in [0.15, 0.2) is 0 Å². The van der Waals surface area contributed by atoms with E-state index in [9.17, 15) is 30.6 Å². The van der Waals surface area contributed by atoms with Crippen LogP contribution in [0.5, 0.6) is 34.5 Å². The van der Waals surface area contributed by atoms with Crippen LogP contribution in [0.1, 0.15) is 107 Å². The summed E-state index contributed by atoms with van der Waals surface area (Å²) in [6, 6.07) is 26.3. The molecule has 528 valence electrons. The Balaban J connectivity index is 0. The van der Waals surface area contributed by atoms with E-state index in [4.69, 9.17) is 128 Å². The fourth-order valence-electron chi connectivity index (χ4n) is 10.4. The van der Waals surface area contributed by atoms with Crippen molar-refractivity contribution >= 4 is 71.3 Å². The molecule has 98 heavy (non-hydrogen) atoms. The molecule has 6 aromatic rings. The summed E-state index contributed by atoms with van der Waals surface area (Å²) >= 11 is 27.1. The minimum Gasteiger partial charge on any atom is -0.872 e. The molecule has 0 radical (unpaired) electrons. The van der Waals surface area contributed by atoms with Gasteiger partial charge in [0, 0.05) is 149 Å². The van der Waals surface area contributed by atoms with Crippen LogP contribution in [0.15, 0.2) is 117 Å². The Morgan fingerprint density at radius 1 is 0.398 bits per heavy atom. The third kappa shape index (κ3) is 33.0. The number of nitrogens with zero attached hydrogens (tertiary/aromatic N) is 8. The molecule has 0 unspecified atom stereocenters. The van der Waals surface area contributed by atoms with Crippen LogP contribution in [0.2, 0.25) is 20.1 Å². The van der Waals surface area contributed by atoms with Crippen molar-refractivity contribution in [1.82, 2.24) is 9.80 Å². The summed E-state index contributed by atoms with van der Waals surface area (Å²) in [5, 5.41) is 146. The summed E-state index contributed by atoms with van der Waals surface area (Å²) in [5.74, 6) is -0.103. The van der Waals surface area contributed by atoms with Crippen molar-refractivity contribution in [1.29, 1.82) is 0 Å². The Kier molecular flexibility index (Phi) is 49.8. The number of benzene rings is 6. The molecule has 4 atom stereocenters. The summed E-state index contributed by atoms with van der Waals surface area (Å²) in [6.45, 7) is 1.76. The number of aromatic hydroxyl groups is 4. The number of phenolic OH excluding ortho intramolecular Hbond substituents is 4. The molecular formula is C66H84Cl4N8O18Zn2. The van der Waals surface area contributed by atoms with E-state index in [0.29, 0.717) is 90.5 Å². The fourth-order valence-corrected chi connectivity index (χ4v) is 11.4. The van der Waals surface area contributed by atoms with Gasteiger partial charge in [0.25, 0.3) is 0 Å². The maximum atomic E-state index is 14.4. The first-order chi connectivity index (χ1) is 46.2. The Morgan fingerprint density at radius 3 is 0.888 bits per heavy atom. The average Bonchev–Trinajstić information content (AvgIpc) is 0.830. The minimum atomic E-state index is -1.75. The topological polar surface area (TPSA) is 437 Å². The molecular weight excluding hydrogens is 1470 g/mol. The molecule has 32 heteroatoms. The van der Waals surface area contributed by atoms with E-state index in [0.717, 1.165) is 105 Å². The zero-order valence-corrected chi connectivity index (χ0v) is 64.4. The van der Waals surface area contributed by atoms with Crippen molar-refractivity contribution in [3.63, 3.8) is 0 Å². The minimum absolute atomic E-state index is 0. The predicted octanol–water partition coefficient (Wildman–Crippen LogP) is 8.94. The number of aliphatic imine (C=N–C) groups is 4. The second-order valence-electron chi connectivity index (χ2n) is 20.6. The predicted molar refractivity (Wildman–Crippen MR) is 372 cm³/mol. The first kappa shape index (κ1) is 93.3. The molecule has 10 N–H and O–H groups in total. The van der Waals surface area contributed by atoms with E-state index in [-0.39, 0.29) is 124 Å². The largest absolute Gasteiger partial charge is 2.00 e. The summed E-state index contributed by atoms with van der Waals surface area (Å²) < 4.78 is 0. The number of phenols is 4. The van der Waals surface area contributed by atoms with Gasteiger partial charge in [0.05, 0.1) is 34.3 Å². The quantitative estimate of drug-likeness (QED) is 0.0422. The number of aliphatic hydroxyl groups excluding tert-OH is 6. The van der Waals surface area contributed by atoms with Gasteiger partial charge in [-0.1, -0.05) is 108 Å². The van der Waals surface area contributed by atoms with Crippen LogP contribution in [0, 0.1) is 30.6 Å². The molecule has 1 aliphatic heterocycles. The van der Waals surface area contributed by atoms with Gasteiger partial charge < -0.3 is 91.9 Å². The second-order valence-corrected chi connectivity index (χ2v) is 22.4. The Hall–Kier alpha value is -6.71. The molecule has 0 spiro atoms. The Bertz CT molecular complexity index is 3020. The van der Waals surface area contributed by atoms with E-state index in [2.05, 4.69) is 9.80 Å². The van der Waals surface area contributed by atoms with Crippen LogP contribution < -0.4 is 10.2 Å². The zero-order valence-electron chi connectivity index (χ0n) is 55.4. The number of rotatable bonds is 6. The molecule has 26 nitrogen and oxygen atoms in total. The molecule has 0 aromatic heterocycles. The van der Waals surface area contributed by atoms with Gasteiger partial charge in [-0.05, 0) is 145 Å². The van der Waals surface area contributed by atoms with E-state index in [1.807, 2.05) is 24.3 Å². The normalized spacial score (nSPS) is 16.3. The van der Waals surface area contributed by atoms with Crippen LogP contribution in [0.4, 0.5) is 0 Å². The number of fused-ring (bicyclic) bond motifs is 10. The summed E-state index contributed by atoms with van der Waals surface area (Å²) in [4.78, 5) is 40.6. The SMILES string of the molecule is CO.CO.CO.CO.CO.CO.O=[N+]([O-])[O-].O=[N+]([O-])[O-].[O-]c1c2cc(Cl)cc1CN(CCc1ccc(O)cc1)Cc1cc(Cl)cc(c1O)C=N[C@H]1CCCC[C@@H]1N=Cc1cc(Cl)cc(c1[O-])CN(CCc1ccc(O)cc1)Cc1cc(Cl)cc(c1O)C=N[C@H]1CCCC[C@@H]1N=C2.[Zn+2].[Zn+2]. The summed E-state index contributed by atoms with van der Waals surface area (Å²) in [6.07, 6.45) is 14.3. The van der Waals surface area contributed by atoms with Gasteiger partial charge in [0.1, 0.15) is 23.0 Å². The van der Waals surface area contributed by atoms with Gasteiger partial charge in [0.2, 0.25) is 0 Å². The average molecular weight is 1550 g/mol. The van der Waals surface area contributed by atoms with Crippen LogP contribution in [-0.2, 0) is 78.0 Å². The van der Waals surface area contributed by atoms with Gasteiger partial charge in [-0.3, -0.25) is 29.8 Å². The van der Waals surface area contributed by atoms with Crippen molar-refractivity contribution in [2.75, 3.05) is 55.7 Å². The maximum absolute atomic E-state index is 14.4. The number of hydrogen-bond acceptors (Lipinski definition) is 24. The molecule has 3 aliphatic rings. The van der Waals surface area contributed by atoms with Crippen molar-refractivity contribution in [3.05, 3.63) is 203 Å². The van der Waals surface area contributed by atoms with Gasteiger partial charge in [-0.25, -0.2) is 0 Å². The first-order valence-electron chi connectivity index (χ1n) is 29.6. The van der Waals surface area contributed by atoms with Gasteiger partial charge >= 0.3 is 39.0 Å². The zero-order chi connectivity index (χ0) is 72.5. The fraction of sp³-hybridized carbons (Fsp3) is 0.394. The third-order valence-corrected chi connectivity index (χ3v) is 15.4. The molecule has 0 amide bonds. The van der Waals surface area contributed by atoms with Crippen LogP contribution in [0.3, 0.4) is 0 Å². The van der Waals surface area contributed by atoms with Crippen LogP contribution >= 0.6 is 46.4 Å². The monoisotopic (exact) mass is 1540 g/mol. The number of aliphatic hydroxyl groups is 6. The smallest absolute Gasteiger partial charge is 0.872 e. The van der Waals surface area contributed by atoms with Crippen molar-refractivity contribution in [2.45, 2.75) is 115 Å². The van der Waals surface area contributed by atoms with E-state index in [1.165, 1.54) is 0 Å². The second kappa shape index (κ2) is 52.3. The molecule has 1 heterocycles. The van der Waals surface area contributed by atoms with E-state index >= 15 is 0 Å². The molecule has 6 aromatic carbocycles. The Labute approximate surface area is 615 Å². The molecule has 9 rings (SSSR count). The van der Waals surface area contributed by atoms with Crippen molar-refractivity contribution in [2.24, 2.45) is 20.0 Å². The van der Waals surface area contributed by atoms with Gasteiger partial charge in [-0.15, -0.1) is 0 Å². The molecule has 2 fully saturated rings. The maximum Gasteiger partial charge on any atom is 2.00 e. The molecule has 2 aliphatic carbocycles. The molecule has 8 bridgehead atoms. The molecule has 2 saturated carbocycles. The molecule has 0 saturated heterocycles. The first-order valence-corrected chi connectivity index (χ1v) is 31.1. The third-order valence-electron chi connectivity index (χ3n) is 14.6. The van der Waals surface area contributed by atoms with Crippen molar-refractivity contribution in [3.8, 4) is 34.5 Å². The van der Waals surface area contributed by atoms with Gasteiger partial charge in [-0.2, -0.15) is 0 Å².